The molecule has 0 spiro atoms. The molecule has 2 rings (SSSR count). The summed E-state index contributed by atoms with van der Waals surface area (Å²) in [6.07, 6.45) is 1.17. The predicted molar refractivity (Wildman–Crippen MR) is 62.4 cm³/mol. The summed E-state index contributed by atoms with van der Waals surface area (Å²) in [4.78, 5) is 11.4. The van der Waals surface area contributed by atoms with Gasteiger partial charge in [0.25, 0.3) is 0 Å². The number of hydrogen-bond acceptors (Lipinski definition) is 3. The molecule has 0 aliphatic heterocycles. The second-order valence-electron chi connectivity index (χ2n) is 4.40. The van der Waals surface area contributed by atoms with Crippen molar-refractivity contribution in [2.75, 3.05) is 13.7 Å². The van der Waals surface area contributed by atoms with Gasteiger partial charge in [0.15, 0.2) is 0 Å². The van der Waals surface area contributed by atoms with Gasteiger partial charge >= 0.3 is 5.97 Å². The zero-order valence-corrected chi connectivity index (χ0v) is 9.69. The number of methoxy groups -OCH3 is 1. The number of esters is 1. The number of hydrogen-bond donors (Lipinski definition) is 1. The SMILES string of the molecule is COC(=O)c1ccc(C2CC2CN)cc1C. The molecule has 3 heteroatoms. The van der Waals surface area contributed by atoms with Crippen LogP contribution in [0.2, 0.25) is 0 Å². The Hall–Kier alpha value is -1.35. The van der Waals surface area contributed by atoms with Crippen molar-refractivity contribution in [3.63, 3.8) is 0 Å². The van der Waals surface area contributed by atoms with Crippen LogP contribution in [0.1, 0.15) is 33.8 Å². The van der Waals surface area contributed by atoms with E-state index in [1.54, 1.807) is 0 Å². The number of ether oxygens (including phenoxy) is 1. The van der Waals surface area contributed by atoms with Crippen LogP contribution >= 0.6 is 0 Å². The highest BCUT2D eigenvalue weighted by atomic mass is 16.5. The van der Waals surface area contributed by atoms with E-state index in [0.717, 1.165) is 12.1 Å². The van der Waals surface area contributed by atoms with Crippen molar-refractivity contribution in [1.29, 1.82) is 0 Å². The monoisotopic (exact) mass is 219 g/mol. The Morgan fingerprint density at radius 2 is 2.31 bits per heavy atom. The number of benzene rings is 1. The van der Waals surface area contributed by atoms with Gasteiger partial charge in [-0.1, -0.05) is 12.1 Å². The predicted octanol–water partition coefficient (Wildman–Crippen LogP) is 1.84. The van der Waals surface area contributed by atoms with E-state index < -0.39 is 0 Å². The molecule has 1 aliphatic carbocycles. The van der Waals surface area contributed by atoms with Crippen molar-refractivity contribution in [1.82, 2.24) is 0 Å². The lowest BCUT2D eigenvalue weighted by Crippen LogP contribution is -2.05. The molecule has 16 heavy (non-hydrogen) atoms. The zero-order chi connectivity index (χ0) is 11.7. The molecule has 0 aromatic heterocycles. The van der Waals surface area contributed by atoms with E-state index in [9.17, 15) is 4.79 Å². The molecule has 0 amide bonds. The lowest BCUT2D eigenvalue weighted by molar-refractivity contribution is 0.0600. The third-order valence-electron chi connectivity index (χ3n) is 3.31. The third-order valence-corrected chi connectivity index (χ3v) is 3.31. The third kappa shape index (κ3) is 1.95. The number of carbonyl (C=O) groups excluding carboxylic acids is 1. The van der Waals surface area contributed by atoms with Crippen LogP contribution in [0.5, 0.6) is 0 Å². The molecule has 2 unspecified atom stereocenters. The van der Waals surface area contributed by atoms with E-state index in [1.165, 1.54) is 19.1 Å². The summed E-state index contributed by atoms with van der Waals surface area (Å²) in [5.41, 5.74) is 8.55. The molecular formula is C13H17NO2. The minimum absolute atomic E-state index is 0.268. The van der Waals surface area contributed by atoms with E-state index >= 15 is 0 Å². The molecule has 0 heterocycles. The maximum atomic E-state index is 11.4. The lowest BCUT2D eigenvalue weighted by Gasteiger charge is -2.06. The summed E-state index contributed by atoms with van der Waals surface area (Å²) in [6.45, 7) is 2.69. The summed E-state index contributed by atoms with van der Waals surface area (Å²) in [7, 11) is 1.40. The molecule has 1 aromatic carbocycles. The summed E-state index contributed by atoms with van der Waals surface area (Å²) in [5.74, 6) is 0.953. The first-order valence-electron chi connectivity index (χ1n) is 5.56. The molecule has 1 saturated carbocycles. The number of carbonyl (C=O) groups is 1. The van der Waals surface area contributed by atoms with Gasteiger partial charge in [0.1, 0.15) is 0 Å². The maximum Gasteiger partial charge on any atom is 0.338 e. The Kier molecular flexibility index (Phi) is 2.97. The van der Waals surface area contributed by atoms with E-state index in [1.807, 2.05) is 19.1 Å². The number of aryl methyl sites for hydroxylation is 1. The first-order valence-corrected chi connectivity index (χ1v) is 5.56. The van der Waals surface area contributed by atoms with Gasteiger partial charge in [-0.15, -0.1) is 0 Å². The Morgan fingerprint density at radius 3 is 2.81 bits per heavy atom. The van der Waals surface area contributed by atoms with Crippen LogP contribution in [0.25, 0.3) is 0 Å². The van der Waals surface area contributed by atoms with Gasteiger partial charge in [-0.25, -0.2) is 4.79 Å². The summed E-state index contributed by atoms with van der Waals surface area (Å²) in [5, 5.41) is 0. The summed E-state index contributed by atoms with van der Waals surface area (Å²) < 4.78 is 4.72. The van der Waals surface area contributed by atoms with Crippen molar-refractivity contribution < 1.29 is 9.53 Å². The minimum Gasteiger partial charge on any atom is -0.465 e. The molecule has 2 atom stereocenters. The fourth-order valence-corrected chi connectivity index (χ4v) is 2.17. The van der Waals surface area contributed by atoms with Gasteiger partial charge in [-0.05, 0) is 48.9 Å². The normalized spacial score (nSPS) is 22.9. The van der Waals surface area contributed by atoms with Gasteiger partial charge in [0.05, 0.1) is 12.7 Å². The van der Waals surface area contributed by atoms with Crippen molar-refractivity contribution >= 4 is 5.97 Å². The van der Waals surface area contributed by atoms with Crippen molar-refractivity contribution in [2.24, 2.45) is 11.7 Å². The summed E-state index contributed by atoms with van der Waals surface area (Å²) in [6, 6.07) is 5.94. The van der Waals surface area contributed by atoms with E-state index in [0.29, 0.717) is 17.4 Å². The van der Waals surface area contributed by atoms with Crippen molar-refractivity contribution in [3.8, 4) is 0 Å². The summed E-state index contributed by atoms with van der Waals surface area (Å²) >= 11 is 0. The molecule has 0 radical (unpaired) electrons. The van der Waals surface area contributed by atoms with Crippen LogP contribution in [-0.4, -0.2) is 19.6 Å². The zero-order valence-electron chi connectivity index (χ0n) is 9.69. The van der Waals surface area contributed by atoms with Gasteiger partial charge in [-0.3, -0.25) is 0 Å². The number of rotatable bonds is 3. The fourth-order valence-electron chi connectivity index (χ4n) is 2.17. The van der Waals surface area contributed by atoms with E-state index in [-0.39, 0.29) is 5.97 Å². The average molecular weight is 219 g/mol. The molecule has 1 aliphatic rings. The van der Waals surface area contributed by atoms with Gasteiger partial charge in [-0.2, -0.15) is 0 Å². The number of nitrogens with two attached hydrogens (primary N) is 1. The fraction of sp³-hybridized carbons (Fsp3) is 0.462. The van der Waals surface area contributed by atoms with E-state index in [2.05, 4.69) is 6.07 Å². The average Bonchev–Trinajstić information content (AvgIpc) is 3.07. The quantitative estimate of drug-likeness (QED) is 0.789. The minimum atomic E-state index is -0.268. The second kappa shape index (κ2) is 4.26. The Morgan fingerprint density at radius 1 is 1.56 bits per heavy atom. The molecule has 1 aromatic rings. The molecule has 3 nitrogen and oxygen atoms in total. The standard InChI is InChI=1S/C13H17NO2/c1-8-5-9(12-6-10(12)7-14)3-4-11(8)13(15)16-2/h3-5,10,12H,6-7,14H2,1-2H3. The molecule has 0 bridgehead atoms. The van der Waals surface area contributed by atoms with Crippen LogP contribution in [0.4, 0.5) is 0 Å². The Bertz CT molecular complexity index is 414. The topological polar surface area (TPSA) is 52.3 Å². The maximum absolute atomic E-state index is 11.4. The smallest absolute Gasteiger partial charge is 0.338 e. The highest BCUT2D eigenvalue weighted by Crippen LogP contribution is 2.46. The van der Waals surface area contributed by atoms with Crippen LogP contribution in [0, 0.1) is 12.8 Å². The first-order chi connectivity index (χ1) is 7.67. The Balaban J connectivity index is 2.20. The molecular weight excluding hydrogens is 202 g/mol. The van der Waals surface area contributed by atoms with Crippen molar-refractivity contribution in [3.05, 3.63) is 34.9 Å². The molecule has 0 saturated heterocycles. The molecule has 2 N–H and O–H groups in total. The van der Waals surface area contributed by atoms with E-state index in [4.69, 9.17) is 10.5 Å². The van der Waals surface area contributed by atoms with Gasteiger partial charge in [0.2, 0.25) is 0 Å². The van der Waals surface area contributed by atoms with Crippen LogP contribution in [-0.2, 0) is 4.74 Å². The molecule has 1 fully saturated rings. The van der Waals surface area contributed by atoms with Gasteiger partial charge in [0, 0.05) is 0 Å². The highest BCUT2D eigenvalue weighted by Gasteiger charge is 2.37. The second-order valence-corrected chi connectivity index (χ2v) is 4.40. The lowest BCUT2D eigenvalue weighted by atomic mass is 10.0. The highest BCUT2D eigenvalue weighted by molar-refractivity contribution is 5.91. The van der Waals surface area contributed by atoms with Gasteiger partial charge < -0.3 is 10.5 Å². The Labute approximate surface area is 95.6 Å². The first kappa shape index (κ1) is 11.1. The van der Waals surface area contributed by atoms with Crippen molar-refractivity contribution in [2.45, 2.75) is 19.3 Å². The van der Waals surface area contributed by atoms with Crippen LogP contribution < -0.4 is 5.73 Å². The van der Waals surface area contributed by atoms with Crippen LogP contribution in [0.15, 0.2) is 18.2 Å². The largest absolute Gasteiger partial charge is 0.465 e. The molecule has 86 valence electrons. The van der Waals surface area contributed by atoms with Crippen LogP contribution in [0.3, 0.4) is 0 Å².